The van der Waals surface area contributed by atoms with Crippen molar-refractivity contribution in [3.05, 3.63) is 0 Å². The van der Waals surface area contributed by atoms with E-state index in [1.54, 1.807) is 0 Å². The van der Waals surface area contributed by atoms with E-state index in [0.717, 1.165) is 0 Å². The van der Waals surface area contributed by atoms with Crippen LogP contribution in [0.5, 0.6) is 0 Å². The molecule has 0 bridgehead atoms. The lowest BCUT2D eigenvalue weighted by atomic mass is 9.85. The fraction of sp³-hybridized carbons (Fsp3) is 1.00. The van der Waals surface area contributed by atoms with Crippen LogP contribution >= 0.6 is 12.3 Å². The molecule has 4 N–H and O–H groups in total. The fourth-order valence-electron chi connectivity index (χ4n) is 2.43. The van der Waals surface area contributed by atoms with E-state index in [1.807, 2.05) is 0 Å². The molecule has 32 heavy (non-hydrogen) atoms. The number of hydrogen-bond donors (Lipinski definition) is 4. The van der Waals surface area contributed by atoms with Gasteiger partial charge in [0.15, 0.2) is 12.3 Å². The zero-order valence-corrected chi connectivity index (χ0v) is 19.1. The maximum absolute atomic E-state index is 11.2. The van der Waals surface area contributed by atoms with Gasteiger partial charge in [0.2, 0.25) is 0 Å². The van der Waals surface area contributed by atoms with Crippen LogP contribution in [-0.4, -0.2) is 97.6 Å². The van der Waals surface area contributed by atoms with E-state index in [2.05, 4.69) is 25.1 Å². The van der Waals surface area contributed by atoms with Gasteiger partial charge in [0.05, 0.1) is 22.7 Å². The summed E-state index contributed by atoms with van der Waals surface area (Å²) in [6, 6.07) is 0. The fourth-order valence-corrected chi connectivity index (χ4v) is 5.05. The van der Waals surface area contributed by atoms with Gasteiger partial charge in [-0.1, -0.05) is 0 Å². The summed E-state index contributed by atoms with van der Waals surface area (Å²) in [6.45, 7) is 0. The molecule has 0 heterocycles. The highest BCUT2D eigenvalue weighted by Crippen LogP contribution is 2.37. The Hall–Kier alpha value is 0.0200. The largest absolute Gasteiger partial charge is 0.750 e. The minimum atomic E-state index is -5.74. The Bertz CT molecular complexity index is 999. The minimum Gasteiger partial charge on any atom is -0.750 e. The first kappa shape index (κ1) is 30.1. The molecule has 0 radical (unpaired) electrons. The molecule has 0 aromatic rings. The van der Waals surface area contributed by atoms with Crippen molar-refractivity contribution in [3.63, 3.8) is 0 Å². The first-order valence-corrected chi connectivity index (χ1v) is 13.6. The molecule has 26 heteroatoms. The van der Waals surface area contributed by atoms with E-state index >= 15 is 0 Å². The standard InChI is InChI=1S/C6H12O20S6/c7-27-21-1-2(22-28(8)9)3(23-29(10)11)5(25-31(15,16)17)6(26-32(18,19)20)4(1)24-30(12,13)14/h1-7H,(H,8,9)(H,10,11)(H,12,13,14)(H,15,16,17)(H,18,19,20)/p-2/t1?,2-,3-,4-,5?,6?/m0/s1. The Balaban J connectivity index is 3.84. The van der Waals surface area contributed by atoms with Crippen LogP contribution in [0.2, 0.25) is 0 Å². The van der Waals surface area contributed by atoms with Gasteiger partial charge in [-0.05, 0) is 0 Å². The zero-order chi connectivity index (χ0) is 25.1. The van der Waals surface area contributed by atoms with Crippen LogP contribution in [0.25, 0.3) is 0 Å². The van der Waals surface area contributed by atoms with Gasteiger partial charge in [-0.25, -0.2) is 21.0 Å². The molecular weight excluding hydrogens is 584 g/mol. The van der Waals surface area contributed by atoms with Crippen LogP contribution in [0.15, 0.2) is 0 Å². The van der Waals surface area contributed by atoms with Crippen molar-refractivity contribution in [2.24, 2.45) is 0 Å². The molecule has 192 valence electrons. The van der Waals surface area contributed by atoms with Crippen molar-refractivity contribution in [3.8, 4) is 0 Å². The van der Waals surface area contributed by atoms with Gasteiger partial charge in [-0.15, -0.1) is 0 Å². The third kappa shape index (κ3) is 10.1. The molecule has 1 rings (SSSR count). The first-order chi connectivity index (χ1) is 14.3. The molecule has 0 amide bonds. The molecule has 0 aliphatic heterocycles. The van der Waals surface area contributed by atoms with Crippen molar-refractivity contribution in [2.75, 3.05) is 0 Å². The highest BCUT2D eigenvalue weighted by atomic mass is 32.3. The monoisotopic (exact) mass is 594 g/mol. The van der Waals surface area contributed by atoms with Crippen molar-refractivity contribution in [1.29, 1.82) is 0 Å². The van der Waals surface area contributed by atoms with E-state index in [-0.39, 0.29) is 0 Å². The number of rotatable bonds is 12. The first-order valence-electron chi connectivity index (χ1n) is 6.81. The van der Waals surface area contributed by atoms with Crippen LogP contribution < -0.4 is 0 Å². The molecule has 5 unspecified atom stereocenters. The second kappa shape index (κ2) is 11.6. The van der Waals surface area contributed by atoms with E-state index in [0.29, 0.717) is 0 Å². The highest BCUT2D eigenvalue weighted by Gasteiger charge is 2.59. The van der Waals surface area contributed by atoms with Gasteiger partial charge in [-0.2, -0.15) is 25.3 Å². The third-order valence-corrected chi connectivity index (χ3v) is 5.64. The Morgan fingerprint density at radius 3 is 1.19 bits per heavy atom. The normalized spacial score (nSPS) is 31.8. The van der Waals surface area contributed by atoms with E-state index in [4.69, 9.17) is 18.2 Å². The predicted octanol–water partition coefficient (Wildman–Crippen LogP) is -3.57. The molecule has 0 saturated heterocycles. The summed E-state index contributed by atoms with van der Waals surface area (Å²) in [7, 11) is -17.2. The maximum Gasteiger partial charge on any atom is 0.397 e. The maximum atomic E-state index is 11.2. The summed E-state index contributed by atoms with van der Waals surface area (Å²) < 4.78 is 172. The summed E-state index contributed by atoms with van der Waals surface area (Å²) in [5, 5.41) is 0. The zero-order valence-electron chi connectivity index (χ0n) is 14.2. The van der Waals surface area contributed by atoms with Crippen LogP contribution in [0.3, 0.4) is 0 Å². The van der Waals surface area contributed by atoms with Gasteiger partial charge >= 0.3 is 31.2 Å². The third-order valence-electron chi connectivity index (χ3n) is 3.17. The second-order valence-electron chi connectivity index (χ2n) is 5.13. The summed E-state index contributed by atoms with van der Waals surface area (Å²) in [5.41, 5.74) is 0. The molecule has 0 aromatic carbocycles. The SMILES string of the molecule is O=S([O-])O[C@@H]1C(OS(=O)(=O)O)C(OS(=O)(=O)O)[C@@H](OS(=O)(=O)O)C(OSO)[C@@H]1OS(=O)[O-]. The Morgan fingerprint density at radius 2 is 0.906 bits per heavy atom. The average molecular weight is 595 g/mol. The van der Waals surface area contributed by atoms with Crippen LogP contribution in [-0.2, 0) is 79.0 Å². The summed E-state index contributed by atoms with van der Waals surface area (Å²) in [5.74, 6) is 0. The summed E-state index contributed by atoms with van der Waals surface area (Å²) in [4.78, 5) is 0. The Kier molecular flexibility index (Phi) is 10.9. The van der Waals surface area contributed by atoms with E-state index in [9.17, 15) is 42.8 Å². The molecule has 0 aromatic heterocycles. The lowest BCUT2D eigenvalue weighted by Gasteiger charge is -2.46. The van der Waals surface area contributed by atoms with Crippen molar-refractivity contribution in [2.45, 2.75) is 36.6 Å². The molecular formula is C6H10O20S6-2. The molecule has 1 aliphatic carbocycles. The van der Waals surface area contributed by atoms with E-state index in [1.165, 1.54) is 0 Å². The van der Waals surface area contributed by atoms with Crippen molar-refractivity contribution in [1.82, 2.24) is 0 Å². The average Bonchev–Trinajstić information content (AvgIpc) is 2.53. The summed E-state index contributed by atoms with van der Waals surface area (Å²) >= 11 is -8.10. The smallest absolute Gasteiger partial charge is 0.397 e. The predicted molar refractivity (Wildman–Crippen MR) is 91.9 cm³/mol. The van der Waals surface area contributed by atoms with Gasteiger partial charge in [-0.3, -0.25) is 26.2 Å². The van der Waals surface area contributed by atoms with Gasteiger partial charge in [0.25, 0.3) is 0 Å². The molecule has 1 saturated carbocycles. The molecule has 8 atom stereocenters. The quantitative estimate of drug-likeness (QED) is 0.0963. The topological polar surface area (TPSA) is 319 Å². The highest BCUT2D eigenvalue weighted by molar-refractivity contribution is 7.88. The number of hydrogen-bond acceptors (Lipinski definition) is 18. The molecule has 1 fully saturated rings. The van der Waals surface area contributed by atoms with Crippen LogP contribution in [0.1, 0.15) is 0 Å². The van der Waals surface area contributed by atoms with Crippen molar-refractivity contribution >= 4 is 66.2 Å². The molecule has 20 nitrogen and oxygen atoms in total. The van der Waals surface area contributed by atoms with Gasteiger partial charge in [0.1, 0.15) is 36.6 Å². The molecule has 1 aliphatic rings. The lowest BCUT2D eigenvalue weighted by molar-refractivity contribution is -0.181. The summed E-state index contributed by atoms with van der Waals surface area (Å²) in [6.07, 6.45) is -16.4. The molecule has 0 spiro atoms. The Labute approximate surface area is 188 Å². The van der Waals surface area contributed by atoms with Crippen LogP contribution in [0.4, 0.5) is 0 Å². The van der Waals surface area contributed by atoms with Gasteiger partial charge in [0, 0.05) is 0 Å². The second-order valence-corrected chi connectivity index (χ2v) is 9.82. The van der Waals surface area contributed by atoms with Crippen LogP contribution in [0, 0.1) is 0 Å². The minimum absolute atomic E-state index is 0.699. The van der Waals surface area contributed by atoms with Gasteiger partial charge < -0.3 is 13.7 Å². The van der Waals surface area contributed by atoms with E-state index < -0.39 is 103 Å². The lowest BCUT2D eigenvalue weighted by Crippen LogP contribution is -2.68. The Morgan fingerprint density at radius 1 is 0.625 bits per heavy atom. The van der Waals surface area contributed by atoms with Crippen molar-refractivity contribution < 1.29 is 86.1 Å².